The fraction of sp³-hybridized carbons (Fsp3) is 0.762. The van der Waals surface area contributed by atoms with Gasteiger partial charge in [0.05, 0.1) is 27.6 Å². The maximum Gasteiger partial charge on any atom is 0.307 e. The van der Waals surface area contributed by atoms with Crippen molar-refractivity contribution in [1.29, 1.82) is 0 Å². The van der Waals surface area contributed by atoms with Gasteiger partial charge in [-0.3, -0.25) is 14.4 Å². The minimum Gasteiger partial charge on any atom is -0.481 e. The number of quaternary nitrogens is 1. The molecule has 1 unspecified atom stereocenters. The van der Waals surface area contributed by atoms with Crippen molar-refractivity contribution in [2.24, 2.45) is 0 Å². The second-order valence-electron chi connectivity index (χ2n) is 8.25. The standard InChI is InChI=1S/C21H37NO6/c1-22(2,3)17-18(16-20(25)26)28-21(27)15-13-11-9-7-5-4-6-8-10-12-14-19(23)24/h4-5,18H,6-17H2,1-3H3,(H-,23,24,25,26)/p+1/b5-4+. The molecule has 0 saturated heterocycles. The molecule has 0 rings (SSSR count). The first-order chi connectivity index (χ1) is 13.1. The molecule has 7 nitrogen and oxygen atoms in total. The van der Waals surface area contributed by atoms with Crippen LogP contribution in [0.2, 0.25) is 0 Å². The third-order valence-electron chi connectivity index (χ3n) is 4.13. The number of carboxylic acids is 2. The van der Waals surface area contributed by atoms with E-state index >= 15 is 0 Å². The Hall–Kier alpha value is -1.89. The Bertz CT molecular complexity index is 496. The molecule has 0 spiro atoms. The summed E-state index contributed by atoms with van der Waals surface area (Å²) in [7, 11) is 5.81. The van der Waals surface area contributed by atoms with E-state index < -0.39 is 18.0 Å². The van der Waals surface area contributed by atoms with E-state index in [1.807, 2.05) is 21.1 Å². The molecule has 0 aromatic rings. The molecule has 0 aliphatic heterocycles. The van der Waals surface area contributed by atoms with Crippen LogP contribution >= 0.6 is 0 Å². The monoisotopic (exact) mass is 400 g/mol. The van der Waals surface area contributed by atoms with Crippen LogP contribution in [-0.2, 0) is 19.1 Å². The second kappa shape index (κ2) is 15.1. The summed E-state index contributed by atoms with van der Waals surface area (Å²) in [4.78, 5) is 33.3. The van der Waals surface area contributed by atoms with Gasteiger partial charge >= 0.3 is 17.9 Å². The van der Waals surface area contributed by atoms with Crippen molar-refractivity contribution in [2.75, 3.05) is 27.7 Å². The Kier molecular flexibility index (Phi) is 14.1. The van der Waals surface area contributed by atoms with E-state index in [9.17, 15) is 14.4 Å². The molecule has 0 saturated carbocycles. The highest BCUT2D eigenvalue weighted by Gasteiger charge is 2.24. The van der Waals surface area contributed by atoms with Gasteiger partial charge in [-0.15, -0.1) is 0 Å². The lowest BCUT2D eigenvalue weighted by Gasteiger charge is -2.28. The molecule has 2 N–H and O–H groups in total. The zero-order valence-electron chi connectivity index (χ0n) is 17.7. The third kappa shape index (κ3) is 18.9. The van der Waals surface area contributed by atoms with Crippen molar-refractivity contribution in [1.82, 2.24) is 0 Å². The number of ether oxygens (including phenoxy) is 1. The molecular weight excluding hydrogens is 362 g/mol. The minimum atomic E-state index is -0.958. The summed E-state index contributed by atoms with van der Waals surface area (Å²) in [6.45, 7) is 0.471. The number of rotatable bonds is 17. The summed E-state index contributed by atoms with van der Waals surface area (Å²) < 4.78 is 5.90. The normalized spacial score (nSPS) is 12.8. The molecule has 0 fully saturated rings. The highest BCUT2D eigenvalue weighted by atomic mass is 16.5. The Morgan fingerprint density at radius 1 is 0.821 bits per heavy atom. The van der Waals surface area contributed by atoms with E-state index in [1.165, 1.54) is 0 Å². The lowest BCUT2D eigenvalue weighted by atomic mass is 10.1. The van der Waals surface area contributed by atoms with E-state index in [2.05, 4.69) is 12.2 Å². The Labute approximate surface area is 169 Å². The average molecular weight is 401 g/mol. The molecule has 0 aliphatic rings. The Morgan fingerprint density at radius 2 is 1.36 bits per heavy atom. The molecule has 0 aromatic heterocycles. The fourth-order valence-electron chi connectivity index (χ4n) is 2.85. The number of nitrogens with zero attached hydrogens (tertiary/aromatic N) is 1. The van der Waals surface area contributed by atoms with Crippen LogP contribution < -0.4 is 0 Å². The van der Waals surface area contributed by atoms with Gasteiger partial charge in [0.25, 0.3) is 0 Å². The topological polar surface area (TPSA) is 101 Å². The van der Waals surface area contributed by atoms with Gasteiger partial charge in [-0.2, -0.15) is 0 Å². The van der Waals surface area contributed by atoms with Crippen molar-refractivity contribution in [3.8, 4) is 0 Å². The Balaban J connectivity index is 3.78. The number of carbonyl (C=O) groups is 3. The number of unbranched alkanes of at least 4 members (excludes halogenated alkanes) is 6. The van der Waals surface area contributed by atoms with Crippen molar-refractivity contribution >= 4 is 17.9 Å². The smallest absolute Gasteiger partial charge is 0.307 e. The molecular formula is C21H38NO6+. The summed E-state index contributed by atoms with van der Waals surface area (Å²) in [5.74, 6) is -2.01. The highest BCUT2D eigenvalue weighted by Crippen LogP contribution is 2.10. The maximum atomic E-state index is 12.0. The summed E-state index contributed by atoms with van der Waals surface area (Å²) in [5, 5.41) is 17.5. The van der Waals surface area contributed by atoms with Gasteiger partial charge in [0.15, 0.2) is 6.10 Å². The average Bonchev–Trinajstić information content (AvgIpc) is 2.53. The number of likely N-dealkylation sites (N-methyl/N-ethyl adjacent to an activating group) is 1. The summed E-state index contributed by atoms with van der Waals surface area (Å²) >= 11 is 0. The molecule has 0 bridgehead atoms. The SMILES string of the molecule is C[N+](C)(C)CC(CC(=O)O)OC(=O)CCCCC/C=C/CCCCCC(=O)O. The van der Waals surface area contributed by atoms with Gasteiger partial charge in [-0.1, -0.05) is 25.0 Å². The predicted octanol–water partition coefficient (Wildman–Crippen LogP) is 3.62. The number of aliphatic carboxylic acids is 2. The predicted molar refractivity (Wildman–Crippen MR) is 108 cm³/mol. The molecule has 0 aliphatic carbocycles. The van der Waals surface area contributed by atoms with E-state index in [4.69, 9.17) is 14.9 Å². The van der Waals surface area contributed by atoms with Gasteiger partial charge in [-0.05, 0) is 38.5 Å². The molecule has 1 atom stereocenters. The van der Waals surface area contributed by atoms with Crippen molar-refractivity contribution in [3.05, 3.63) is 12.2 Å². The molecule has 0 heterocycles. The van der Waals surface area contributed by atoms with Gasteiger partial charge in [-0.25, -0.2) is 0 Å². The van der Waals surface area contributed by atoms with Crippen molar-refractivity contribution < 1.29 is 33.8 Å². The van der Waals surface area contributed by atoms with Crippen LogP contribution in [0, 0.1) is 0 Å². The van der Waals surface area contributed by atoms with E-state index in [-0.39, 0.29) is 18.8 Å². The van der Waals surface area contributed by atoms with E-state index in [1.54, 1.807) is 0 Å². The lowest BCUT2D eigenvalue weighted by molar-refractivity contribution is -0.873. The highest BCUT2D eigenvalue weighted by molar-refractivity contribution is 5.71. The molecule has 7 heteroatoms. The van der Waals surface area contributed by atoms with Crippen LogP contribution in [0.15, 0.2) is 12.2 Å². The minimum absolute atomic E-state index is 0.164. The van der Waals surface area contributed by atoms with Crippen molar-refractivity contribution in [2.45, 2.75) is 76.7 Å². The van der Waals surface area contributed by atoms with E-state index in [0.717, 1.165) is 51.4 Å². The maximum absolute atomic E-state index is 12.0. The summed E-state index contributed by atoms with van der Waals surface area (Å²) in [6.07, 6.45) is 11.4. The number of allylic oxidation sites excluding steroid dienone is 2. The molecule has 0 aromatic carbocycles. The van der Waals surface area contributed by atoms with Crippen LogP contribution in [0.3, 0.4) is 0 Å². The quantitative estimate of drug-likeness (QED) is 0.167. The summed E-state index contributed by atoms with van der Waals surface area (Å²) in [6, 6.07) is 0. The fourth-order valence-corrected chi connectivity index (χ4v) is 2.85. The van der Waals surface area contributed by atoms with Crippen LogP contribution in [-0.4, -0.2) is 66.4 Å². The third-order valence-corrected chi connectivity index (χ3v) is 4.13. The molecule has 0 radical (unpaired) electrons. The number of hydrogen-bond acceptors (Lipinski definition) is 4. The number of esters is 1. The van der Waals surface area contributed by atoms with Crippen molar-refractivity contribution in [3.63, 3.8) is 0 Å². The molecule has 162 valence electrons. The van der Waals surface area contributed by atoms with Crippen LogP contribution in [0.25, 0.3) is 0 Å². The first-order valence-corrected chi connectivity index (χ1v) is 10.2. The molecule has 28 heavy (non-hydrogen) atoms. The number of carbonyl (C=O) groups excluding carboxylic acids is 1. The zero-order chi connectivity index (χ0) is 21.4. The molecule has 0 amide bonds. The van der Waals surface area contributed by atoms with Gasteiger partial charge < -0.3 is 19.4 Å². The van der Waals surface area contributed by atoms with Gasteiger partial charge in [0.2, 0.25) is 0 Å². The second-order valence-corrected chi connectivity index (χ2v) is 8.25. The number of hydrogen-bond donors (Lipinski definition) is 2. The first-order valence-electron chi connectivity index (χ1n) is 10.2. The van der Waals surface area contributed by atoms with Crippen LogP contribution in [0.4, 0.5) is 0 Å². The van der Waals surface area contributed by atoms with E-state index in [0.29, 0.717) is 17.4 Å². The first kappa shape index (κ1) is 26.1. The Morgan fingerprint density at radius 3 is 1.82 bits per heavy atom. The van der Waals surface area contributed by atoms with Gasteiger partial charge in [0.1, 0.15) is 6.54 Å². The largest absolute Gasteiger partial charge is 0.481 e. The summed E-state index contributed by atoms with van der Waals surface area (Å²) in [5.41, 5.74) is 0. The zero-order valence-corrected chi connectivity index (χ0v) is 17.7. The number of carboxylic acid groups (broad SMARTS) is 2. The van der Waals surface area contributed by atoms with Gasteiger partial charge in [0, 0.05) is 12.8 Å². The van der Waals surface area contributed by atoms with Crippen LogP contribution in [0.5, 0.6) is 0 Å². The lowest BCUT2D eigenvalue weighted by Crippen LogP contribution is -2.43. The van der Waals surface area contributed by atoms with Crippen LogP contribution in [0.1, 0.15) is 70.6 Å².